The number of benzene rings is 2. The highest BCUT2D eigenvalue weighted by Gasteiger charge is 2.30. The van der Waals surface area contributed by atoms with Crippen molar-refractivity contribution in [2.45, 2.75) is 5.50 Å². The Balaban J connectivity index is 2.04. The standard InChI is InChI=1S/C14H11FN2OS/c15-9-5-7-10(8-6-9)17-13(18)11-3-1-2-4-12(11)16-14(17)19/h1-8,14,16,19H. The predicted molar refractivity (Wildman–Crippen MR) is 76.0 cm³/mol. The Morgan fingerprint density at radius 3 is 2.53 bits per heavy atom. The van der Waals surface area contributed by atoms with Crippen LogP contribution in [0.5, 0.6) is 0 Å². The molecule has 1 amide bonds. The molecule has 0 spiro atoms. The van der Waals surface area contributed by atoms with Gasteiger partial charge in [-0.25, -0.2) is 4.39 Å². The molecular formula is C14H11FN2OS. The van der Waals surface area contributed by atoms with Gasteiger partial charge < -0.3 is 5.32 Å². The minimum Gasteiger partial charge on any atom is -0.356 e. The molecule has 1 N–H and O–H groups in total. The lowest BCUT2D eigenvalue weighted by Crippen LogP contribution is -2.46. The van der Waals surface area contributed by atoms with E-state index in [-0.39, 0.29) is 11.7 Å². The van der Waals surface area contributed by atoms with E-state index in [0.29, 0.717) is 11.3 Å². The van der Waals surface area contributed by atoms with E-state index in [9.17, 15) is 9.18 Å². The van der Waals surface area contributed by atoms with E-state index < -0.39 is 5.50 Å². The minimum atomic E-state index is -0.479. The first kappa shape index (κ1) is 12.0. The number of amides is 1. The number of hydrogen-bond acceptors (Lipinski definition) is 3. The molecular weight excluding hydrogens is 263 g/mol. The zero-order valence-electron chi connectivity index (χ0n) is 9.88. The van der Waals surface area contributed by atoms with Gasteiger partial charge in [-0.05, 0) is 36.4 Å². The second-order valence-corrected chi connectivity index (χ2v) is 4.70. The van der Waals surface area contributed by atoms with Crippen molar-refractivity contribution in [2.75, 3.05) is 10.2 Å². The van der Waals surface area contributed by atoms with E-state index in [1.165, 1.54) is 17.0 Å². The molecule has 96 valence electrons. The Hall–Kier alpha value is -2.01. The molecule has 0 saturated carbocycles. The third-order valence-electron chi connectivity index (χ3n) is 3.01. The molecule has 0 aromatic heterocycles. The van der Waals surface area contributed by atoms with Gasteiger partial charge in [0.1, 0.15) is 5.82 Å². The number of nitrogens with one attached hydrogen (secondary N) is 1. The number of thiol groups is 1. The monoisotopic (exact) mass is 274 g/mol. The van der Waals surface area contributed by atoms with Crippen LogP contribution in [0.15, 0.2) is 48.5 Å². The van der Waals surface area contributed by atoms with Gasteiger partial charge in [-0.3, -0.25) is 9.69 Å². The number of anilines is 2. The molecule has 0 fully saturated rings. The second-order valence-electron chi connectivity index (χ2n) is 4.22. The highest BCUT2D eigenvalue weighted by atomic mass is 32.1. The highest BCUT2D eigenvalue weighted by Crippen LogP contribution is 2.30. The third kappa shape index (κ3) is 2.06. The molecule has 1 aliphatic heterocycles. The molecule has 3 nitrogen and oxygen atoms in total. The normalized spacial score (nSPS) is 17.9. The molecule has 0 radical (unpaired) electrons. The molecule has 1 unspecified atom stereocenters. The Morgan fingerprint density at radius 2 is 1.79 bits per heavy atom. The van der Waals surface area contributed by atoms with Gasteiger partial charge in [-0.15, -0.1) is 12.6 Å². The van der Waals surface area contributed by atoms with Crippen LogP contribution in [0.4, 0.5) is 15.8 Å². The summed E-state index contributed by atoms with van der Waals surface area (Å²) in [7, 11) is 0. The molecule has 0 saturated heterocycles. The zero-order valence-corrected chi connectivity index (χ0v) is 10.8. The molecule has 5 heteroatoms. The van der Waals surface area contributed by atoms with Crippen molar-refractivity contribution >= 4 is 29.9 Å². The summed E-state index contributed by atoms with van der Waals surface area (Å²) in [6, 6.07) is 13.0. The molecule has 1 aliphatic rings. The van der Waals surface area contributed by atoms with Gasteiger partial charge in [0.15, 0.2) is 5.50 Å². The molecule has 2 aromatic carbocycles. The van der Waals surface area contributed by atoms with Gasteiger partial charge in [-0.1, -0.05) is 12.1 Å². The van der Waals surface area contributed by atoms with Crippen molar-refractivity contribution in [2.24, 2.45) is 0 Å². The smallest absolute Gasteiger partial charge is 0.262 e. The van der Waals surface area contributed by atoms with Gasteiger partial charge in [0.25, 0.3) is 5.91 Å². The summed E-state index contributed by atoms with van der Waals surface area (Å²) in [5.41, 5.74) is 1.46. The lowest BCUT2D eigenvalue weighted by molar-refractivity contribution is 0.0983. The van der Waals surface area contributed by atoms with Crippen LogP contribution in [0.1, 0.15) is 10.4 Å². The summed E-state index contributed by atoms with van der Waals surface area (Å²) in [4.78, 5) is 13.9. The number of carbonyl (C=O) groups excluding carboxylic acids is 1. The van der Waals surface area contributed by atoms with Crippen LogP contribution in [-0.4, -0.2) is 11.4 Å². The zero-order chi connectivity index (χ0) is 13.4. The molecule has 3 rings (SSSR count). The minimum absolute atomic E-state index is 0.152. The first-order chi connectivity index (χ1) is 9.16. The Labute approximate surface area is 115 Å². The lowest BCUT2D eigenvalue weighted by Gasteiger charge is -2.35. The largest absolute Gasteiger partial charge is 0.356 e. The first-order valence-electron chi connectivity index (χ1n) is 5.79. The number of para-hydroxylation sites is 1. The molecule has 0 bridgehead atoms. The van der Waals surface area contributed by atoms with E-state index in [1.54, 1.807) is 24.3 Å². The van der Waals surface area contributed by atoms with Crippen molar-refractivity contribution in [1.29, 1.82) is 0 Å². The van der Waals surface area contributed by atoms with Gasteiger partial charge in [0.2, 0.25) is 0 Å². The maximum absolute atomic E-state index is 12.9. The van der Waals surface area contributed by atoms with Crippen LogP contribution in [-0.2, 0) is 0 Å². The van der Waals surface area contributed by atoms with Crippen molar-refractivity contribution < 1.29 is 9.18 Å². The van der Waals surface area contributed by atoms with E-state index in [4.69, 9.17) is 0 Å². The fourth-order valence-electron chi connectivity index (χ4n) is 2.10. The number of rotatable bonds is 1. The summed E-state index contributed by atoms with van der Waals surface area (Å²) < 4.78 is 12.9. The van der Waals surface area contributed by atoms with Crippen LogP contribution >= 0.6 is 12.6 Å². The van der Waals surface area contributed by atoms with E-state index >= 15 is 0 Å². The van der Waals surface area contributed by atoms with Crippen LogP contribution in [0.25, 0.3) is 0 Å². The molecule has 1 atom stereocenters. The van der Waals surface area contributed by atoms with Crippen molar-refractivity contribution in [3.05, 3.63) is 59.9 Å². The quantitative estimate of drug-likeness (QED) is 0.783. The summed E-state index contributed by atoms with van der Waals surface area (Å²) in [5.74, 6) is -0.488. The van der Waals surface area contributed by atoms with Crippen LogP contribution in [0.3, 0.4) is 0 Å². The van der Waals surface area contributed by atoms with Crippen LogP contribution in [0.2, 0.25) is 0 Å². The lowest BCUT2D eigenvalue weighted by atomic mass is 10.1. The second kappa shape index (κ2) is 4.59. The summed E-state index contributed by atoms with van der Waals surface area (Å²) in [5, 5.41) is 3.13. The SMILES string of the molecule is O=C1c2ccccc2NC(S)N1c1ccc(F)cc1. The number of halogens is 1. The maximum Gasteiger partial charge on any atom is 0.262 e. The molecule has 1 heterocycles. The van der Waals surface area contributed by atoms with Gasteiger partial charge in [0.05, 0.1) is 5.56 Å². The fraction of sp³-hybridized carbons (Fsp3) is 0.0714. The van der Waals surface area contributed by atoms with Crippen LogP contribution < -0.4 is 10.2 Å². The van der Waals surface area contributed by atoms with Gasteiger partial charge >= 0.3 is 0 Å². The van der Waals surface area contributed by atoms with E-state index in [2.05, 4.69) is 17.9 Å². The number of nitrogens with zero attached hydrogens (tertiary/aromatic N) is 1. The molecule has 19 heavy (non-hydrogen) atoms. The Morgan fingerprint density at radius 1 is 1.11 bits per heavy atom. The van der Waals surface area contributed by atoms with Gasteiger partial charge in [0, 0.05) is 11.4 Å². The van der Waals surface area contributed by atoms with E-state index in [0.717, 1.165) is 5.69 Å². The number of fused-ring (bicyclic) bond motifs is 1. The van der Waals surface area contributed by atoms with Crippen molar-refractivity contribution in [3.63, 3.8) is 0 Å². The molecule has 0 aliphatic carbocycles. The maximum atomic E-state index is 12.9. The average Bonchev–Trinajstić information content (AvgIpc) is 2.41. The Kier molecular flexibility index (Phi) is 2.91. The topological polar surface area (TPSA) is 32.3 Å². The average molecular weight is 274 g/mol. The van der Waals surface area contributed by atoms with Gasteiger partial charge in [-0.2, -0.15) is 0 Å². The Bertz CT molecular complexity index is 630. The third-order valence-corrected chi connectivity index (χ3v) is 3.37. The summed E-state index contributed by atoms with van der Waals surface area (Å²) >= 11 is 4.38. The van der Waals surface area contributed by atoms with Crippen molar-refractivity contribution in [3.8, 4) is 0 Å². The fourth-order valence-corrected chi connectivity index (χ4v) is 2.48. The number of carbonyl (C=O) groups is 1. The molecule has 2 aromatic rings. The number of hydrogen-bond donors (Lipinski definition) is 2. The van der Waals surface area contributed by atoms with Crippen LogP contribution in [0, 0.1) is 5.82 Å². The first-order valence-corrected chi connectivity index (χ1v) is 6.31. The summed E-state index contributed by atoms with van der Waals surface area (Å²) in [6.07, 6.45) is 0. The van der Waals surface area contributed by atoms with E-state index in [1.807, 2.05) is 12.1 Å². The predicted octanol–water partition coefficient (Wildman–Crippen LogP) is 3.11. The summed E-state index contributed by atoms with van der Waals surface area (Å²) in [6.45, 7) is 0. The van der Waals surface area contributed by atoms with Crippen molar-refractivity contribution in [1.82, 2.24) is 0 Å². The highest BCUT2D eigenvalue weighted by molar-refractivity contribution is 7.81.